The Hall–Kier alpha value is -0.890. The van der Waals surface area contributed by atoms with Crippen molar-refractivity contribution in [1.29, 1.82) is 0 Å². The van der Waals surface area contributed by atoms with E-state index in [1.807, 2.05) is 22.6 Å². The van der Waals surface area contributed by atoms with Gasteiger partial charge in [0.2, 0.25) is 0 Å². The van der Waals surface area contributed by atoms with E-state index in [-0.39, 0.29) is 5.56 Å². The molecule has 0 aliphatic carbocycles. The maximum atomic E-state index is 11.3. The van der Waals surface area contributed by atoms with E-state index in [1.54, 1.807) is 11.3 Å². The van der Waals surface area contributed by atoms with Crippen molar-refractivity contribution in [2.24, 2.45) is 0 Å². The number of H-pyrrole nitrogens is 1. The van der Waals surface area contributed by atoms with E-state index < -0.39 is 0 Å². The Morgan fingerprint density at radius 2 is 2.44 bits per heavy atom. The van der Waals surface area contributed by atoms with Crippen LogP contribution in [0.1, 0.15) is 5.56 Å². The van der Waals surface area contributed by atoms with Crippen LogP contribution in [0, 0.1) is 3.57 Å². The standard InChI is InChI=1S/C10H10IN3OS/c11-8-9(13-6-14-10(8)15)12-3-1-7-2-4-16-5-7/h2,4-6H,1,3H2,(H2,12,13,14,15). The molecule has 2 N–H and O–H groups in total. The molecule has 4 nitrogen and oxygen atoms in total. The van der Waals surface area contributed by atoms with Gasteiger partial charge < -0.3 is 10.3 Å². The molecule has 6 heteroatoms. The van der Waals surface area contributed by atoms with E-state index in [1.165, 1.54) is 11.9 Å². The van der Waals surface area contributed by atoms with Crippen molar-refractivity contribution in [1.82, 2.24) is 9.97 Å². The van der Waals surface area contributed by atoms with Crippen LogP contribution in [0.15, 0.2) is 27.9 Å². The van der Waals surface area contributed by atoms with Crippen molar-refractivity contribution < 1.29 is 0 Å². The number of nitrogens with zero attached hydrogens (tertiary/aromatic N) is 1. The normalized spacial score (nSPS) is 10.3. The highest BCUT2D eigenvalue weighted by atomic mass is 127. The number of aromatic nitrogens is 2. The van der Waals surface area contributed by atoms with Gasteiger partial charge in [0.25, 0.3) is 5.56 Å². The Bertz CT molecular complexity index is 509. The van der Waals surface area contributed by atoms with E-state index in [0.717, 1.165) is 13.0 Å². The van der Waals surface area contributed by atoms with Gasteiger partial charge in [-0.3, -0.25) is 4.79 Å². The Kier molecular flexibility index (Phi) is 3.94. The lowest BCUT2D eigenvalue weighted by Crippen LogP contribution is -2.16. The summed E-state index contributed by atoms with van der Waals surface area (Å²) in [7, 11) is 0. The molecule has 0 saturated carbocycles. The fourth-order valence-corrected chi connectivity index (χ4v) is 2.46. The van der Waals surface area contributed by atoms with Gasteiger partial charge in [-0.2, -0.15) is 11.3 Å². The zero-order valence-corrected chi connectivity index (χ0v) is 11.3. The molecule has 2 aromatic rings. The first-order valence-electron chi connectivity index (χ1n) is 4.75. The van der Waals surface area contributed by atoms with Crippen molar-refractivity contribution in [3.05, 3.63) is 42.6 Å². The highest BCUT2D eigenvalue weighted by Gasteiger charge is 2.03. The predicted molar refractivity (Wildman–Crippen MR) is 74.1 cm³/mol. The maximum absolute atomic E-state index is 11.3. The number of hydrogen-bond donors (Lipinski definition) is 2. The van der Waals surface area contributed by atoms with Gasteiger partial charge >= 0.3 is 0 Å². The fraction of sp³-hybridized carbons (Fsp3) is 0.200. The first kappa shape index (κ1) is 11.6. The lowest BCUT2D eigenvalue weighted by Gasteiger charge is -2.05. The average Bonchev–Trinajstić information content (AvgIpc) is 2.77. The molecule has 0 saturated heterocycles. The maximum Gasteiger partial charge on any atom is 0.266 e. The number of nitrogens with one attached hydrogen (secondary N) is 2. The minimum absolute atomic E-state index is 0.103. The summed E-state index contributed by atoms with van der Waals surface area (Å²) in [6.45, 7) is 0.781. The molecule has 2 heterocycles. The lowest BCUT2D eigenvalue weighted by atomic mass is 10.2. The zero-order valence-electron chi connectivity index (χ0n) is 8.37. The van der Waals surface area contributed by atoms with Crippen molar-refractivity contribution in [3.8, 4) is 0 Å². The van der Waals surface area contributed by atoms with Crippen LogP contribution in [0.5, 0.6) is 0 Å². The summed E-state index contributed by atoms with van der Waals surface area (Å²) in [6.07, 6.45) is 2.35. The summed E-state index contributed by atoms with van der Waals surface area (Å²) in [6, 6.07) is 2.10. The van der Waals surface area contributed by atoms with Crippen molar-refractivity contribution in [2.45, 2.75) is 6.42 Å². The molecular weight excluding hydrogens is 337 g/mol. The molecule has 16 heavy (non-hydrogen) atoms. The number of aromatic amines is 1. The van der Waals surface area contributed by atoms with Gasteiger partial charge in [-0.25, -0.2) is 4.98 Å². The van der Waals surface area contributed by atoms with Crippen LogP contribution in [0.25, 0.3) is 0 Å². The van der Waals surface area contributed by atoms with Gasteiger partial charge in [-0.1, -0.05) is 0 Å². The Morgan fingerprint density at radius 3 is 3.19 bits per heavy atom. The summed E-state index contributed by atoms with van der Waals surface area (Å²) in [5.41, 5.74) is 1.20. The van der Waals surface area contributed by atoms with Gasteiger partial charge in [-0.15, -0.1) is 0 Å². The zero-order chi connectivity index (χ0) is 11.4. The molecular formula is C10H10IN3OS. The molecule has 0 unspecified atom stereocenters. The van der Waals surface area contributed by atoms with Gasteiger partial charge in [0.15, 0.2) is 0 Å². The molecule has 0 aromatic carbocycles. The highest BCUT2D eigenvalue weighted by molar-refractivity contribution is 14.1. The number of anilines is 1. The molecule has 2 rings (SSSR count). The van der Waals surface area contributed by atoms with Crippen LogP contribution < -0.4 is 10.9 Å². The third-order valence-corrected chi connectivity index (χ3v) is 3.82. The Balaban J connectivity index is 1.95. The molecule has 0 aliphatic rings. The first-order valence-corrected chi connectivity index (χ1v) is 6.77. The van der Waals surface area contributed by atoms with Crippen LogP contribution in [0.3, 0.4) is 0 Å². The molecule has 0 atom stereocenters. The van der Waals surface area contributed by atoms with Gasteiger partial charge in [0.1, 0.15) is 9.39 Å². The molecule has 0 spiro atoms. The Labute approximate surface area is 110 Å². The summed E-state index contributed by atoms with van der Waals surface area (Å²) in [5.74, 6) is 0.652. The van der Waals surface area contributed by atoms with Crippen LogP contribution >= 0.6 is 33.9 Å². The third kappa shape index (κ3) is 2.82. The van der Waals surface area contributed by atoms with E-state index in [4.69, 9.17) is 0 Å². The fourth-order valence-electron chi connectivity index (χ4n) is 1.27. The topological polar surface area (TPSA) is 57.8 Å². The molecule has 84 valence electrons. The van der Waals surface area contributed by atoms with Gasteiger partial charge in [-0.05, 0) is 51.4 Å². The quantitative estimate of drug-likeness (QED) is 0.833. The molecule has 0 aliphatic heterocycles. The van der Waals surface area contributed by atoms with Crippen molar-refractivity contribution >= 4 is 39.7 Å². The van der Waals surface area contributed by atoms with Crippen LogP contribution in [-0.4, -0.2) is 16.5 Å². The largest absolute Gasteiger partial charge is 0.369 e. The highest BCUT2D eigenvalue weighted by Crippen LogP contribution is 2.10. The summed E-state index contributed by atoms with van der Waals surface area (Å²) < 4.78 is 0.602. The second-order valence-electron chi connectivity index (χ2n) is 3.20. The average molecular weight is 347 g/mol. The van der Waals surface area contributed by atoms with Crippen LogP contribution in [0.4, 0.5) is 5.82 Å². The first-order chi connectivity index (χ1) is 7.77. The minimum atomic E-state index is -0.103. The third-order valence-electron chi connectivity index (χ3n) is 2.08. The van der Waals surface area contributed by atoms with Gasteiger partial charge in [0.05, 0.1) is 6.33 Å². The van der Waals surface area contributed by atoms with Gasteiger partial charge in [0, 0.05) is 6.54 Å². The van der Waals surface area contributed by atoms with Crippen molar-refractivity contribution in [3.63, 3.8) is 0 Å². The number of thiophene rings is 1. The molecule has 0 fully saturated rings. The second-order valence-corrected chi connectivity index (χ2v) is 5.06. The van der Waals surface area contributed by atoms with E-state index in [0.29, 0.717) is 9.39 Å². The van der Waals surface area contributed by atoms with Crippen LogP contribution in [-0.2, 0) is 6.42 Å². The minimum Gasteiger partial charge on any atom is -0.369 e. The lowest BCUT2D eigenvalue weighted by molar-refractivity contribution is 0.992. The number of rotatable bonds is 4. The smallest absolute Gasteiger partial charge is 0.266 e. The molecule has 0 radical (unpaired) electrons. The van der Waals surface area contributed by atoms with E-state index >= 15 is 0 Å². The van der Waals surface area contributed by atoms with E-state index in [2.05, 4.69) is 32.1 Å². The molecule has 2 aromatic heterocycles. The number of halogens is 1. The predicted octanol–water partition coefficient (Wildman–Crippen LogP) is 2.09. The summed E-state index contributed by atoms with van der Waals surface area (Å²) in [4.78, 5) is 17.9. The monoisotopic (exact) mass is 347 g/mol. The molecule has 0 amide bonds. The summed E-state index contributed by atoms with van der Waals surface area (Å²) >= 11 is 3.68. The van der Waals surface area contributed by atoms with Crippen LogP contribution in [0.2, 0.25) is 0 Å². The molecule has 0 bridgehead atoms. The summed E-state index contributed by atoms with van der Waals surface area (Å²) in [5, 5.41) is 7.34. The second kappa shape index (κ2) is 5.44. The van der Waals surface area contributed by atoms with Crippen molar-refractivity contribution in [2.75, 3.05) is 11.9 Å². The SMILES string of the molecule is O=c1[nH]cnc(NCCc2ccsc2)c1I. The number of hydrogen-bond acceptors (Lipinski definition) is 4. The van der Waals surface area contributed by atoms with E-state index in [9.17, 15) is 4.79 Å². The Morgan fingerprint density at radius 1 is 1.56 bits per heavy atom.